The molecule has 3 N–H and O–H groups in total. The number of benzene rings is 1. The van der Waals surface area contributed by atoms with E-state index in [0.717, 1.165) is 56.7 Å². The number of aromatic nitrogens is 4. The van der Waals surface area contributed by atoms with Crippen LogP contribution in [-0.4, -0.2) is 56.9 Å². The molecular formula is C26H33N7O3. The Bertz CT molecular complexity index is 1300. The number of fused-ring (bicyclic) bond motifs is 1. The average Bonchev–Trinajstić information content (AvgIpc) is 2.84. The van der Waals surface area contributed by atoms with Crippen LogP contribution >= 0.6 is 0 Å². The molecular weight excluding hydrogens is 458 g/mol. The summed E-state index contributed by atoms with van der Waals surface area (Å²) < 4.78 is 0. The van der Waals surface area contributed by atoms with Gasteiger partial charge in [0, 0.05) is 37.1 Å². The van der Waals surface area contributed by atoms with Crippen molar-refractivity contribution in [1.29, 1.82) is 0 Å². The number of hydrogen-bond acceptors (Lipinski definition) is 8. The maximum atomic E-state index is 12.6. The van der Waals surface area contributed by atoms with Crippen LogP contribution in [0.15, 0.2) is 35.3 Å². The monoisotopic (exact) mass is 491 g/mol. The number of rotatable bonds is 6. The first-order valence-electron chi connectivity index (χ1n) is 12.7. The van der Waals surface area contributed by atoms with Crippen LogP contribution < -0.4 is 20.7 Å². The topological polar surface area (TPSA) is 127 Å². The first-order valence-corrected chi connectivity index (χ1v) is 12.7. The van der Waals surface area contributed by atoms with E-state index in [1.54, 1.807) is 6.20 Å². The number of nitrogens with zero attached hydrogens (tertiary/aromatic N) is 5. The third-order valence-corrected chi connectivity index (χ3v) is 7.61. The van der Waals surface area contributed by atoms with E-state index < -0.39 is 5.97 Å². The van der Waals surface area contributed by atoms with E-state index in [4.69, 9.17) is 4.98 Å². The lowest BCUT2D eigenvalue weighted by Gasteiger charge is -2.39. The standard InChI is InChI=1S/C26H33N7O3/c1-17-5-3-4-12-33(17)25-29-20-16-27-31-24(36)22(20)23(30-25)28-18-6-8-19(9-7-18)32-13-10-26(2,11-14-32)15-21(34)35/h6-9,16-17H,3-5,10-15H2,1-2H3,(H,31,36)(H,34,35)(H,28,29,30). The smallest absolute Gasteiger partial charge is 0.303 e. The average molecular weight is 492 g/mol. The van der Waals surface area contributed by atoms with Crippen LogP contribution in [0.2, 0.25) is 0 Å². The van der Waals surface area contributed by atoms with Gasteiger partial charge in [-0.25, -0.2) is 10.1 Å². The van der Waals surface area contributed by atoms with Crippen molar-refractivity contribution in [3.8, 4) is 0 Å². The largest absolute Gasteiger partial charge is 0.481 e. The van der Waals surface area contributed by atoms with Gasteiger partial charge in [0.2, 0.25) is 5.95 Å². The number of carboxylic acid groups (broad SMARTS) is 1. The lowest BCUT2D eigenvalue weighted by Crippen LogP contribution is -2.39. The lowest BCUT2D eigenvalue weighted by atomic mass is 9.77. The number of nitrogens with one attached hydrogen (secondary N) is 2. The molecule has 2 saturated heterocycles. The van der Waals surface area contributed by atoms with Crippen LogP contribution in [0.3, 0.4) is 0 Å². The number of aromatic amines is 1. The lowest BCUT2D eigenvalue weighted by molar-refractivity contribution is -0.139. The Balaban J connectivity index is 1.37. The van der Waals surface area contributed by atoms with E-state index in [-0.39, 0.29) is 17.4 Å². The number of piperidine rings is 2. The number of carboxylic acids is 1. The van der Waals surface area contributed by atoms with Gasteiger partial charge >= 0.3 is 5.97 Å². The van der Waals surface area contributed by atoms with Crippen LogP contribution in [0.4, 0.5) is 23.1 Å². The molecule has 10 nitrogen and oxygen atoms in total. The SMILES string of the molecule is CC1CCCCN1c1nc(Nc2ccc(N3CCC(C)(CC(=O)O)CC3)cc2)c2c(=O)[nH]ncc2n1. The van der Waals surface area contributed by atoms with Crippen molar-refractivity contribution in [2.45, 2.75) is 58.4 Å². The number of H-pyrrole nitrogens is 1. The van der Waals surface area contributed by atoms with Crippen molar-refractivity contribution in [3.63, 3.8) is 0 Å². The minimum absolute atomic E-state index is 0.149. The van der Waals surface area contributed by atoms with E-state index in [9.17, 15) is 14.7 Å². The summed E-state index contributed by atoms with van der Waals surface area (Å²) in [5.41, 5.74) is 1.94. The van der Waals surface area contributed by atoms with E-state index in [0.29, 0.717) is 28.7 Å². The molecule has 10 heteroatoms. The van der Waals surface area contributed by atoms with Gasteiger partial charge in [-0.3, -0.25) is 9.59 Å². The van der Waals surface area contributed by atoms with E-state index in [1.165, 1.54) is 6.42 Å². The van der Waals surface area contributed by atoms with Crippen molar-refractivity contribution in [2.75, 3.05) is 34.8 Å². The van der Waals surface area contributed by atoms with E-state index in [2.05, 4.69) is 44.1 Å². The van der Waals surface area contributed by atoms with Gasteiger partial charge in [0.05, 0.1) is 12.6 Å². The Hall–Kier alpha value is -3.69. The molecule has 0 radical (unpaired) electrons. The first kappa shape index (κ1) is 24.0. The van der Waals surface area contributed by atoms with Crippen LogP contribution in [0.1, 0.15) is 52.4 Å². The van der Waals surface area contributed by atoms with E-state index in [1.807, 2.05) is 24.3 Å². The third kappa shape index (κ3) is 4.98. The van der Waals surface area contributed by atoms with Gasteiger partial charge in [0.15, 0.2) is 0 Å². The number of anilines is 4. The molecule has 4 heterocycles. The summed E-state index contributed by atoms with van der Waals surface area (Å²) in [7, 11) is 0. The van der Waals surface area contributed by atoms with Crippen LogP contribution in [0.5, 0.6) is 0 Å². The Morgan fingerprint density at radius 3 is 2.61 bits per heavy atom. The molecule has 1 unspecified atom stereocenters. The molecule has 0 amide bonds. The van der Waals surface area contributed by atoms with Gasteiger partial charge in [-0.15, -0.1) is 0 Å². The molecule has 5 rings (SSSR count). The molecule has 1 atom stereocenters. The molecule has 2 aliphatic rings. The number of carbonyl (C=O) groups is 1. The van der Waals surface area contributed by atoms with Crippen molar-refractivity contribution >= 4 is 40.0 Å². The molecule has 1 aromatic carbocycles. The number of aliphatic carboxylic acids is 1. The highest BCUT2D eigenvalue weighted by molar-refractivity contribution is 5.90. The zero-order valence-corrected chi connectivity index (χ0v) is 20.8. The highest BCUT2D eigenvalue weighted by atomic mass is 16.4. The maximum Gasteiger partial charge on any atom is 0.303 e. The Kier molecular flexibility index (Phi) is 6.51. The van der Waals surface area contributed by atoms with Crippen molar-refractivity contribution in [1.82, 2.24) is 20.2 Å². The predicted octanol–water partition coefficient (Wildman–Crippen LogP) is 3.92. The quantitative estimate of drug-likeness (QED) is 0.470. The molecule has 36 heavy (non-hydrogen) atoms. The first-order chi connectivity index (χ1) is 17.3. The van der Waals surface area contributed by atoms with Crippen LogP contribution in [0.25, 0.3) is 10.9 Å². The summed E-state index contributed by atoms with van der Waals surface area (Å²) in [5.74, 6) is 0.344. The highest BCUT2D eigenvalue weighted by Crippen LogP contribution is 2.36. The fourth-order valence-corrected chi connectivity index (χ4v) is 5.34. The second kappa shape index (κ2) is 9.75. The fourth-order valence-electron chi connectivity index (χ4n) is 5.34. The summed E-state index contributed by atoms with van der Waals surface area (Å²) >= 11 is 0. The highest BCUT2D eigenvalue weighted by Gasteiger charge is 2.32. The Morgan fingerprint density at radius 1 is 1.17 bits per heavy atom. The predicted molar refractivity (Wildman–Crippen MR) is 140 cm³/mol. The van der Waals surface area contributed by atoms with Gasteiger partial charge in [0.1, 0.15) is 16.7 Å². The second-order valence-corrected chi connectivity index (χ2v) is 10.4. The van der Waals surface area contributed by atoms with Crippen molar-refractivity contribution in [2.24, 2.45) is 5.41 Å². The molecule has 190 valence electrons. The normalized spacial score (nSPS) is 19.9. The van der Waals surface area contributed by atoms with E-state index >= 15 is 0 Å². The Morgan fingerprint density at radius 2 is 1.92 bits per heavy atom. The maximum absolute atomic E-state index is 12.6. The summed E-state index contributed by atoms with van der Waals surface area (Å²) in [6, 6.07) is 8.38. The van der Waals surface area contributed by atoms with Crippen LogP contribution in [-0.2, 0) is 4.79 Å². The van der Waals surface area contributed by atoms with Gasteiger partial charge in [-0.05, 0) is 68.7 Å². The van der Waals surface area contributed by atoms with Gasteiger partial charge in [-0.1, -0.05) is 6.92 Å². The molecule has 2 aromatic heterocycles. The summed E-state index contributed by atoms with van der Waals surface area (Å²) in [6.45, 7) is 6.78. The fraction of sp³-hybridized carbons (Fsp3) is 0.500. The molecule has 2 fully saturated rings. The molecule has 0 aliphatic carbocycles. The molecule has 0 bridgehead atoms. The summed E-state index contributed by atoms with van der Waals surface area (Å²) in [6.07, 6.45) is 6.85. The number of hydrogen-bond donors (Lipinski definition) is 3. The van der Waals surface area contributed by atoms with Crippen molar-refractivity contribution in [3.05, 3.63) is 40.8 Å². The Labute approximate surface area is 209 Å². The molecule has 0 spiro atoms. The zero-order chi connectivity index (χ0) is 25.3. The van der Waals surface area contributed by atoms with Gasteiger partial charge in [0.25, 0.3) is 5.56 Å². The summed E-state index contributed by atoms with van der Waals surface area (Å²) in [4.78, 5) is 37.8. The minimum atomic E-state index is -0.730. The van der Waals surface area contributed by atoms with Crippen LogP contribution in [0, 0.1) is 5.41 Å². The third-order valence-electron chi connectivity index (χ3n) is 7.61. The van der Waals surface area contributed by atoms with Crippen molar-refractivity contribution < 1.29 is 9.90 Å². The van der Waals surface area contributed by atoms with Gasteiger partial charge < -0.3 is 20.2 Å². The zero-order valence-electron chi connectivity index (χ0n) is 20.8. The van der Waals surface area contributed by atoms with Gasteiger partial charge in [-0.2, -0.15) is 10.1 Å². The second-order valence-electron chi connectivity index (χ2n) is 10.4. The minimum Gasteiger partial charge on any atom is -0.481 e. The molecule has 2 aliphatic heterocycles. The summed E-state index contributed by atoms with van der Waals surface area (Å²) in [5, 5.41) is 19.4. The molecule has 3 aromatic rings. The molecule has 0 saturated carbocycles.